The maximum absolute atomic E-state index is 12.9. The number of hydrogen-bond acceptors (Lipinski definition) is 2. The van der Waals surface area contributed by atoms with Crippen LogP contribution >= 0.6 is 15.9 Å². The quantitative estimate of drug-likeness (QED) is 0.371. The minimum absolute atomic E-state index is 0.0295. The molecule has 0 spiro atoms. The van der Waals surface area contributed by atoms with Gasteiger partial charge in [-0.2, -0.15) is 0 Å². The molecule has 132 valence electrons. The average molecular weight is 417 g/mol. The van der Waals surface area contributed by atoms with Crippen molar-refractivity contribution in [3.63, 3.8) is 0 Å². The molecule has 2 nitrogen and oxygen atoms in total. The molecule has 1 aliphatic rings. The Morgan fingerprint density at radius 2 is 1.48 bits per heavy atom. The Labute approximate surface area is 166 Å². The number of methoxy groups -OCH3 is 1. The summed E-state index contributed by atoms with van der Waals surface area (Å²) in [4.78, 5) is 12.9. The van der Waals surface area contributed by atoms with Crippen molar-refractivity contribution < 1.29 is 9.53 Å². The fourth-order valence-electron chi connectivity index (χ4n) is 3.30. The first kappa shape index (κ1) is 17.5. The van der Waals surface area contributed by atoms with Crippen LogP contribution in [0.2, 0.25) is 0 Å². The summed E-state index contributed by atoms with van der Waals surface area (Å²) in [5.74, 6) is 0.705. The first-order chi connectivity index (χ1) is 13.2. The van der Waals surface area contributed by atoms with Crippen LogP contribution in [0.3, 0.4) is 0 Å². The number of halogens is 1. The third kappa shape index (κ3) is 3.26. The van der Waals surface area contributed by atoms with E-state index >= 15 is 0 Å². The Morgan fingerprint density at radius 1 is 0.852 bits per heavy atom. The SMILES string of the molecule is COc1ccc(C(=O)/C=C2/C(c3ccccc3)=C(Br)c3ccccc32)cc1. The molecule has 0 fully saturated rings. The fraction of sp³-hybridized carbons (Fsp3) is 0.0417. The van der Waals surface area contributed by atoms with Gasteiger partial charge in [-0.05, 0) is 68.5 Å². The number of hydrogen-bond donors (Lipinski definition) is 0. The lowest BCUT2D eigenvalue weighted by atomic mass is 9.95. The number of ketones is 1. The second kappa shape index (κ2) is 7.37. The van der Waals surface area contributed by atoms with Gasteiger partial charge in [0, 0.05) is 15.6 Å². The van der Waals surface area contributed by atoms with Gasteiger partial charge in [0.15, 0.2) is 5.78 Å². The number of fused-ring (bicyclic) bond motifs is 1. The van der Waals surface area contributed by atoms with Crippen molar-refractivity contribution in [2.45, 2.75) is 0 Å². The van der Waals surface area contributed by atoms with Crippen molar-refractivity contribution in [1.82, 2.24) is 0 Å². The summed E-state index contributed by atoms with van der Waals surface area (Å²) < 4.78 is 6.19. The van der Waals surface area contributed by atoms with Gasteiger partial charge in [0.05, 0.1) is 7.11 Å². The van der Waals surface area contributed by atoms with Gasteiger partial charge in [-0.15, -0.1) is 0 Å². The molecule has 0 radical (unpaired) electrons. The molecule has 4 rings (SSSR count). The minimum Gasteiger partial charge on any atom is -0.497 e. The molecule has 3 aromatic carbocycles. The molecule has 0 aromatic heterocycles. The van der Waals surface area contributed by atoms with Gasteiger partial charge in [0.2, 0.25) is 0 Å². The summed E-state index contributed by atoms with van der Waals surface area (Å²) in [5, 5.41) is 0. The fourth-order valence-corrected chi connectivity index (χ4v) is 4.09. The predicted molar refractivity (Wildman–Crippen MR) is 114 cm³/mol. The van der Waals surface area contributed by atoms with Crippen LogP contribution in [-0.2, 0) is 0 Å². The number of rotatable bonds is 4. The Balaban J connectivity index is 1.83. The first-order valence-corrected chi connectivity index (χ1v) is 9.44. The normalized spacial score (nSPS) is 14.4. The number of benzene rings is 3. The maximum atomic E-state index is 12.9. The summed E-state index contributed by atoms with van der Waals surface area (Å²) in [5.41, 5.74) is 5.85. The smallest absolute Gasteiger partial charge is 0.186 e. The van der Waals surface area contributed by atoms with E-state index in [0.717, 1.165) is 38.1 Å². The summed E-state index contributed by atoms with van der Waals surface area (Å²) in [6.07, 6.45) is 1.73. The van der Waals surface area contributed by atoms with Gasteiger partial charge in [0.1, 0.15) is 5.75 Å². The molecule has 1 aliphatic carbocycles. The molecule has 0 heterocycles. The molecule has 0 N–H and O–H groups in total. The van der Waals surface area contributed by atoms with Crippen LogP contribution in [0.25, 0.3) is 15.6 Å². The number of carbonyl (C=O) groups is 1. The minimum atomic E-state index is -0.0295. The third-order valence-electron chi connectivity index (χ3n) is 4.65. The van der Waals surface area contributed by atoms with Gasteiger partial charge in [-0.1, -0.05) is 54.6 Å². The molecular formula is C24H17BrO2. The molecule has 0 unspecified atom stereocenters. The zero-order valence-corrected chi connectivity index (χ0v) is 16.4. The highest BCUT2D eigenvalue weighted by atomic mass is 79.9. The highest BCUT2D eigenvalue weighted by Crippen LogP contribution is 2.49. The van der Waals surface area contributed by atoms with E-state index in [2.05, 4.69) is 40.2 Å². The lowest BCUT2D eigenvalue weighted by Crippen LogP contribution is -1.97. The topological polar surface area (TPSA) is 26.3 Å². The van der Waals surface area contributed by atoms with E-state index in [1.807, 2.05) is 30.3 Å². The van der Waals surface area contributed by atoms with Crippen LogP contribution in [0.15, 0.2) is 84.9 Å². The van der Waals surface area contributed by atoms with Crippen molar-refractivity contribution in [3.8, 4) is 5.75 Å². The lowest BCUT2D eigenvalue weighted by molar-refractivity contribution is 0.104. The first-order valence-electron chi connectivity index (χ1n) is 8.64. The van der Waals surface area contributed by atoms with E-state index in [4.69, 9.17) is 4.74 Å². The molecule has 0 bridgehead atoms. The van der Waals surface area contributed by atoms with Crippen LogP contribution in [0, 0.1) is 0 Å². The van der Waals surface area contributed by atoms with Crippen LogP contribution in [0.1, 0.15) is 27.0 Å². The zero-order valence-electron chi connectivity index (χ0n) is 14.8. The predicted octanol–water partition coefficient (Wildman–Crippen LogP) is 6.24. The zero-order chi connectivity index (χ0) is 18.8. The van der Waals surface area contributed by atoms with Crippen molar-refractivity contribution in [1.29, 1.82) is 0 Å². The molecule has 0 saturated heterocycles. The van der Waals surface area contributed by atoms with E-state index in [1.54, 1.807) is 37.5 Å². The summed E-state index contributed by atoms with van der Waals surface area (Å²) in [6, 6.07) is 25.5. The Kier molecular flexibility index (Phi) is 4.78. The van der Waals surface area contributed by atoms with E-state index in [1.165, 1.54) is 0 Å². The van der Waals surface area contributed by atoms with Crippen LogP contribution < -0.4 is 4.74 Å². The molecular weight excluding hydrogens is 400 g/mol. The summed E-state index contributed by atoms with van der Waals surface area (Å²) >= 11 is 3.76. The summed E-state index contributed by atoms with van der Waals surface area (Å²) in [6.45, 7) is 0. The highest BCUT2D eigenvalue weighted by Gasteiger charge is 2.26. The lowest BCUT2D eigenvalue weighted by Gasteiger charge is -2.08. The monoisotopic (exact) mass is 416 g/mol. The van der Waals surface area contributed by atoms with Crippen LogP contribution in [0.4, 0.5) is 0 Å². The molecule has 27 heavy (non-hydrogen) atoms. The molecule has 0 atom stereocenters. The second-order valence-electron chi connectivity index (χ2n) is 6.25. The number of allylic oxidation sites excluding steroid dienone is 3. The highest BCUT2D eigenvalue weighted by molar-refractivity contribution is 9.15. The second-order valence-corrected chi connectivity index (χ2v) is 7.04. The van der Waals surface area contributed by atoms with Crippen LogP contribution in [0.5, 0.6) is 5.75 Å². The number of ether oxygens (including phenoxy) is 1. The average Bonchev–Trinajstić information content (AvgIpc) is 3.00. The van der Waals surface area contributed by atoms with Gasteiger partial charge in [-0.3, -0.25) is 4.79 Å². The van der Waals surface area contributed by atoms with E-state index < -0.39 is 0 Å². The van der Waals surface area contributed by atoms with E-state index in [0.29, 0.717) is 5.56 Å². The molecule has 3 heteroatoms. The van der Waals surface area contributed by atoms with Crippen molar-refractivity contribution >= 4 is 37.3 Å². The Bertz CT molecular complexity index is 1060. The summed E-state index contributed by atoms with van der Waals surface area (Å²) in [7, 11) is 1.61. The van der Waals surface area contributed by atoms with Gasteiger partial charge < -0.3 is 4.74 Å². The van der Waals surface area contributed by atoms with Crippen molar-refractivity contribution in [2.24, 2.45) is 0 Å². The van der Waals surface area contributed by atoms with E-state index in [9.17, 15) is 4.79 Å². The molecule has 3 aromatic rings. The maximum Gasteiger partial charge on any atom is 0.186 e. The molecule has 0 aliphatic heterocycles. The van der Waals surface area contributed by atoms with Crippen molar-refractivity contribution in [2.75, 3.05) is 7.11 Å². The third-order valence-corrected chi connectivity index (χ3v) is 5.48. The molecule has 0 saturated carbocycles. The Morgan fingerprint density at radius 3 is 2.15 bits per heavy atom. The number of carbonyl (C=O) groups excluding carboxylic acids is 1. The largest absolute Gasteiger partial charge is 0.497 e. The van der Waals surface area contributed by atoms with Crippen LogP contribution in [-0.4, -0.2) is 12.9 Å². The standard InChI is InChI=1S/C24H17BrO2/c1-27-18-13-11-16(12-14-18)22(26)15-21-19-9-5-6-10-20(19)24(25)23(21)17-7-3-2-4-8-17/h2-15H,1H3/b21-15+. The van der Waals surface area contributed by atoms with Gasteiger partial charge in [0.25, 0.3) is 0 Å². The Hall–Kier alpha value is -2.91. The van der Waals surface area contributed by atoms with Gasteiger partial charge >= 0.3 is 0 Å². The van der Waals surface area contributed by atoms with Crippen molar-refractivity contribution in [3.05, 3.63) is 107 Å². The van der Waals surface area contributed by atoms with Gasteiger partial charge in [-0.25, -0.2) is 0 Å². The molecule has 0 amide bonds. The van der Waals surface area contributed by atoms with E-state index in [-0.39, 0.29) is 5.78 Å².